The molecule has 0 radical (unpaired) electrons. The van der Waals surface area contributed by atoms with Gasteiger partial charge in [-0.3, -0.25) is 14.4 Å². The molecule has 3 aromatic carbocycles. The van der Waals surface area contributed by atoms with Crippen molar-refractivity contribution >= 4 is 39.1 Å². The maximum absolute atomic E-state index is 13.7. The lowest BCUT2D eigenvalue weighted by atomic mass is 9.90. The summed E-state index contributed by atoms with van der Waals surface area (Å²) in [4.78, 5) is 34.5. The van der Waals surface area contributed by atoms with E-state index in [9.17, 15) is 9.59 Å². The highest BCUT2D eigenvalue weighted by Crippen LogP contribution is 2.48. The molecule has 3 atom stereocenters. The molecule has 8 heteroatoms. The highest BCUT2D eigenvalue weighted by molar-refractivity contribution is 9.10. The normalized spacial score (nSPS) is 22.0. The minimum atomic E-state index is -0.935. The molecule has 0 spiro atoms. The smallest absolute Gasteiger partial charge is 0.266 e. The Balaban J connectivity index is 1.59. The third kappa shape index (κ3) is 3.55. The maximum atomic E-state index is 13.7. The molecule has 0 saturated carbocycles. The number of hydrogen-bond donors (Lipinski definition) is 0. The predicted molar refractivity (Wildman–Crippen MR) is 126 cm³/mol. The van der Waals surface area contributed by atoms with E-state index in [-0.39, 0.29) is 5.91 Å². The molecular formula is C25H21BrN2O5. The van der Waals surface area contributed by atoms with E-state index in [2.05, 4.69) is 15.9 Å². The third-order valence-electron chi connectivity index (χ3n) is 5.95. The number of anilines is 2. The molecule has 2 aliphatic heterocycles. The molecule has 33 heavy (non-hydrogen) atoms. The Morgan fingerprint density at radius 3 is 2.30 bits per heavy atom. The Morgan fingerprint density at radius 2 is 1.61 bits per heavy atom. The van der Waals surface area contributed by atoms with Crippen molar-refractivity contribution in [2.75, 3.05) is 24.2 Å². The number of hydrogen-bond acceptors (Lipinski definition) is 6. The van der Waals surface area contributed by atoms with E-state index in [0.717, 1.165) is 15.7 Å². The van der Waals surface area contributed by atoms with Gasteiger partial charge in [-0.2, -0.15) is 0 Å². The number of carbonyl (C=O) groups excluding carboxylic acids is 2. The van der Waals surface area contributed by atoms with Gasteiger partial charge in [-0.05, 0) is 57.9 Å². The summed E-state index contributed by atoms with van der Waals surface area (Å²) < 4.78 is 11.4. The zero-order chi connectivity index (χ0) is 23.1. The molecule has 2 amide bonds. The van der Waals surface area contributed by atoms with Crippen molar-refractivity contribution in [3.63, 3.8) is 0 Å². The predicted octanol–water partition coefficient (Wildman–Crippen LogP) is 4.52. The number of benzene rings is 3. The van der Waals surface area contributed by atoms with Crippen LogP contribution < -0.4 is 19.4 Å². The molecule has 3 aromatic rings. The van der Waals surface area contributed by atoms with Crippen molar-refractivity contribution in [3.05, 3.63) is 82.8 Å². The highest BCUT2D eigenvalue weighted by atomic mass is 79.9. The summed E-state index contributed by atoms with van der Waals surface area (Å²) in [6.07, 6.45) is -0.935. The average Bonchev–Trinajstić information content (AvgIpc) is 3.35. The second kappa shape index (κ2) is 8.53. The number of para-hydroxylation sites is 1. The van der Waals surface area contributed by atoms with Crippen LogP contribution >= 0.6 is 15.9 Å². The SMILES string of the molecule is COc1cccc(N2C(=O)[C@@H]3[C@@H](c4ccc(OC)c(Br)c4)N(c4ccccc4)O[C@H]3C2=O)c1. The first-order valence-electron chi connectivity index (χ1n) is 10.4. The zero-order valence-corrected chi connectivity index (χ0v) is 19.6. The Kier molecular flexibility index (Phi) is 5.55. The van der Waals surface area contributed by atoms with Gasteiger partial charge in [0.15, 0.2) is 6.10 Å². The van der Waals surface area contributed by atoms with Gasteiger partial charge in [0.1, 0.15) is 17.4 Å². The average molecular weight is 509 g/mol. The van der Waals surface area contributed by atoms with Crippen LogP contribution in [0.15, 0.2) is 77.3 Å². The van der Waals surface area contributed by atoms with Gasteiger partial charge in [-0.15, -0.1) is 0 Å². The Hall–Kier alpha value is -3.36. The van der Waals surface area contributed by atoms with Crippen molar-refractivity contribution < 1.29 is 23.9 Å². The number of halogens is 1. The maximum Gasteiger partial charge on any atom is 0.266 e. The lowest BCUT2D eigenvalue weighted by Crippen LogP contribution is -2.37. The summed E-state index contributed by atoms with van der Waals surface area (Å²) >= 11 is 3.53. The standard InChI is InChI=1S/C25H21BrN2O5/c1-31-18-10-6-9-17(14-18)27-24(29)21-22(15-11-12-20(32-2)19(26)13-15)28(33-23(21)25(27)30)16-7-4-3-5-8-16/h3-14,21-23H,1-2H3/t21-,22-,23-/m1/s1. The number of rotatable bonds is 5. The van der Waals surface area contributed by atoms with Gasteiger partial charge < -0.3 is 9.47 Å². The van der Waals surface area contributed by atoms with E-state index in [0.29, 0.717) is 17.2 Å². The number of carbonyl (C=O) groups is 2. The van der Waals surface area contributed by atoms with E-state index in [1.807, 2.05) is 48.5 Å². The third-order valence-corrected chi connectivity index (χ3v) is 6.57. The monoisotopic (exact) mass is 508 g/mol. The zero-order valence-electron chi connectivity index (χ0n) is 18.0. The molecule has 0 bridgehead atoms. The van der Waals surface area contributed by atoms with Gasteiger partial charge in [-0.25, -0.2) is 9.96 Å². The van der Waals surface area contributed by atoms with Crippen LogP contribution in [0.2, 0.25) is 0 Å². The largest absolute Gasteiger partial charge is 0.497 e. The Morgan fingerprint density at radius 1 is 0.848 bits per heavy atom. The number of amides is 2. The Bertz CT molecular complexity index is 1220. The fraction of sp³-hybridized carbons (Fsp3) is 0.200. The number of fused-ring (bicyclic) bond motifs is 1. The van der Waals surface area contributed by atoms with Crippen molar-refractivity contribution in [1.29, 1.82) is 0 Å². The summed E-state index contributed by atoms with van der Waals surface area (Å²) in [5, 5.41) is 1.67. The fourth-order valence-corrected chi connectivity index (χ4v) is 4.98. The minimum absolute atomic E-state index is 0.311. The van der Waals surface area contributed by atoms with Crippen molar-refractivity contribution in [1.82, 2.24) is 0 Å². The first kappa shape index (κ1) is 21.5. The summed E-state index contributed by atoms with van der Waals surface area (Å²) in [6, 6.07) is 21.5. The summed E-state index contributed by atoms with van der Waals surface area (Å²) in [7, 11) is 3.13. The molecule has 2 fully saturated rings. The van der Waals surface area contributed by atoms with Gasteiger partial charge >= 0.3 is 0 Å². The van der Waals surface area contributed by atoms with E-state index < -0.39 is 24.0 Å². The first-order valence-corrected chi connectivity index (χ1v) is 11.2. The molecule has 0 unspecified atom stereocenters. The van der Waals surface area contributed by atoms with Crippen LogP contribution in [0.1, 0.15) is 11.6 Å². The molecule has 0 N–H and O–H groups in total. The van der Waals surface area contributed by atoms with Crippen molar-refractivity contribution in [2.45, 2.75) is 12.1 Å². The molecule has 7 nitrogen and oxygen atoms in total. The fourth-order valence-electron chi connectivity index (χ4n) is 4.42. The van der Waals surface area contributed by atoms with Crippen molar-refractivity contribution in [3.8, 4) is 11.5 Å². The lowest BCUT2D eigenvalue weighted by Gasteiger charge is -2.29. The number of hydroxylamine groups is 1. The summed E-state index contributed by atoms with van der Waals surface area (Å²) in [5.41, 5.74) is 2.05. The van der Waals surface area contributed by atoms with E-state index in [1.165, 1.54) is 4.90 Å². The molecule has 2 aliphatic rings. The molecule has 0 aromatic heterocycles. The van der Waals surface area contributed by atoms with Gasteiger partial charge in [-0.1, -0.05) is 30.3 Å². The highest BCUT2D eigenvalue weighted by Gasteiger charge is 2.60. The summed E-state index contributed by atoms with van der Waals surface area (Å²) in [5.74, 6) is -0.188. The molecule has 2 saturated heterocycles. The molecule has 5 rings (SSSR count). The van der Waals surface area contributed by atoms with E-state index >= 15 is 0 Å². The van der Waals surface area contributed by atoms with E-state index in [4.69, 9.17) is 14.3 Å². The van der Waals surface area contributed by atoms with Gasteiger partial charge in [0, 0.05) is 6.07 Å². The van der Waals surface area contributed by atoms with Crippen LogP contribution in [-0.2, 0) is 14.4 Å². The minimum Gasteiger partial charge on any atom is -0.497 e. The topological polar surface area (TPSA) is 68.3 Å². The first-order chi connectivity index (χ1) is 16.0. The molecular weight excluding hydrogens is 488 g/mol. The van der Waals surface area contributed by atoms with Crippen LogP contribution in [0.5, 0.6) is 11.5 Å². The van der Waals surface area contributed by atoms with E-state index in [1.54, 1.807) is 43.5 Å². The quantitative estimate of drug-likeness (QED) is 0.472. The second-order valence-corrected chi connectivity index (χ2v) is 8.62. The van der Waals surface area contributed by atoms with Crippen LogP contribution in [0.25, 0.3) is 0 Å². The van der Waals surface area contributed by atoms with Gasteiger partial charge in [0.2, 0.25) is 5.91 Å². The number of nitrogens with zero attached hydrogens (tertiary/aromatic N) is 2. The van der Waals surface area contributed by atoms with Crippen LogP contribution in [-0.4, -0.2) is 32.1 Å². The van der Waals surface area contributed by atoms with Crippen molar-refractivity contribution in [2.24, 2.45) is 5.92 Å². The molecule has 0 aliphatic carbocycles. The lowest BCUT2D eigenvalue weighted by molar-refractivity contribution is -0.126. The van der Waals surface area contributed by atoms with Crippen LogP contribution in [0, 0.1) is 5.92 Å². The second-order valence-electron chi connectivity index (χ2n) is 7.77. The molecule has 168 valence electrons. The number of methoxy groups -OCH3 is 2. The number of ether oxygens (including phenoxy) is 2. The van der Waals surface area contributed by atoms with Crippen LogP contribution in [0.3, 0.4) is 0 Å². The van der Waals surface area contributed by atoms with Crippen LogP contribution in [0.4, 0.5) is 11.4 Å². The Labute approximate surface area is 199 Å². The van der Waals surface area contributed by atoms with Gasteiger partial charge in [0.05, 0.1) is 36.1 Å². The van der Waals surface area contributed by atoms with Gasteiger partial charge in [0.25, 0.3) is 5.91 Å². The number of imide groups is 1. The summed E-state index contributed by atoms with van der Waals surface area (Å²) in [6.45, 7) is 0. The molecule has 2 heterocycles.